The summed E-state index contributed by atoms with van der Waals surface area (Å²) >= 11 is 0. The van der Waals surface area contributed by atoms with Crippen molar-refractivity contribution in [1.82, 2.24) is 10.6 Å². The lowest BCUT2D eigenvalue weighted by Crippen LogP contribution is -2.39. The van der Waals surface area contributed by atoms with Crippen molar-refractivity contribution in [3.05, 3.63) is 95.1 Å². The van der Waals surface area contributed by atoms with Gasteiger partial charge in [-0.05, 0) is 46.4 Å². The highest BCUT2D eigenvalue weighted by atomic mass is 16.5. The van der Waals surface area contributed by atoms with E-state index in [0.29, 0.717) is 12.0 Å². The van der Waals surface area contributed by atoms with E-state index in [1.165, 1.54) is 12.1 Å². The number of ether oxygens (including phenoxy) is 1. The molecule has 1 atom stereocenters. The molecule has 4 rings (SSSR count). The molecule has 3 N–H and O–H groups in total. The molecule has 0 aliphatic heterocycles. The highest BCUT2D eigenvalue weighted by Crippen LogP contribution is 2.44. The van der Waals surface area contributed by atoms with Crippen LogP contribution in [0.15, 0.2) is 72.8 Å². The van der Waals surface area contributed by atoms with Crippen molar-refractivity contribution >= 4 is 18.0 Å². The van der Waals surface area contributed by atoms with Gasteiger partial charge in [-0.3, -0.25) is 4.79 Å². The number of carboxylic acid groups (broad SMARTS) is 1. The topological polar surface area (TPSA) is 105 Å². The summed E-state index contributed by atoms with van der Waals surface area (Å²) < 4.78 is 5.58. The monoisotopic (exact) mass is 472 g/mol. The summed E-state index contributed by atoms with van der Waals surface area (Å²) in [6.45, 7) is 2.31. The van der Waals surface area contributed by atoms with Crippen LogP contribution in [0.25, 0.3) is 11.1 Å². The van der Waals surface area contributed by atoms with Crippen LogP contribution in [0.2, 0.25) is 0 Å². The van der Waals surface area contributed by atoms with Crippen molar-refractivity contribution in [3.63, 3.8) is 0 Å². The molecule has 3 aromatic rings. The summed E-state index contributed by atoms with van der Waals surface area (Å²) in [6, 6.07) is 22.3. The second-order valence-corrected chi connectivity index (χ2v) is 8.56. The molecule has 0 heterocycles. The number of rotatable bonds is 9. The van der Waals surface area contributed by atoms with Crippen LogP contribution >= 0.6 is 0 Å². The molecule has 0 spiro atoms. The first kappa shape index (κ1) is 24.0. The third-order valence-electron chi connectivity index (χ3n) is 6.25. The molecule has 3 aromatic carbocycles. The van der Waals surface area contributed by atoms with Gasteiger partial charge < -0.3 is 20.5 Å². The number of carbonyl (C=O) groups is 3. The number of hydrogen-bond donors (Lipinski definition) is 3. The van der Waals surface area contributed by atoms with Gasteiger partial charge in [-0.15, -0.1) is 0 Å². The maximum absolute atomic E-state index is 12.5. The van der Waals surface area contributed by atoms with E-state index < -0.39 is 12.1 Å². The molecule has 0 unspecified atom stereocenters. The van der Waals surface area contributed by atoms with E-state index in [1.807, 2.05) is 31.2 Å². The van der Waals surface area contributed by atoms with Gasteiger partial charge in [0.05, 0.1) is 5.56 Å². The van der Waals surface area contributed by atoms with Crippen LogP contribution in [0.1, 0.15) is 52.7 Å². The number of aromatic carboxylic acids is 1. The van der Waals surface area contributed by atoms with Crippen molar-refractivity contribution in [2.24, 2.45) is 0 Å². The first-order valence-corrected chi connectivity index (χ1v) is 11.7. The quantitative estimate of drug-likeness (QED) is 0.418. The zero-order valence-electron chi connectivity index (χ0n) is 19.5. The number of nitrogens with one attached hydrogen (secondary N) is 2. The number of amides is 2. The molecule has 0 saturated heterocycles. The largest absolute Gasteiger partial charge is 0.478 e. The van der Waals surface area contributed by atoms with Crippen LogP contribution < -0.4 is 10.6 Å². The normalized spacial score (nSPS) is 12.8. The minimum Gasteiger partial charge on any atom is -0.478 e. The van der Waals surface area contributed by atoms with Gasteiger partial charge in [0.25, 0.3) is 0 Å². The Morgan fingerprint density at radius 2 is 1.60 bits per heavy atom. The van der Waals surface area contributed by atoms with Crippen molar-refractivity contribution in [3.8, 4) is 11.1 Å². The Kier molecular flexibility index (Phi) is 7.45. The lowest BCUT2D eigenvalue weighted by atomic mass is 9.98. The SMILES string of the molecule is CC[C@@H](CC(=O)NCc1cccc(C(=O)O)c1)NC(=O)OCC1c2ccccc2-c2ccccc21. The van der Waals surface area contributed by atoms with E-state index >= 15 is 0 Å². The average molecular weight is 473 g/mol. The summed E-state index contributed by atoms with van der Waals surface area (Å²) in [7, 11) is 0. The van der Waals surface area contributed by atoms with Crippen molar-refractivity contribution in [2.45, 2.75) is 38.3 Å². The van der Waals surface area contributed by atoms with Gasteiger partial charge in [-0.25, -0.2) is 9.59 Å². The second-order valence-electron chi connectivity index (χ2n) is 8.56. The molecule has 1 aliphatic carbocycles. The zero-order valence-corrected chi connectivity index (χ0v) is 19.5. The summed E-state index contributed by atoms with van der Waals surface area (Å²) in [4.78, 5) is 36.0. The van der Waals surface area contributed by atoms with Crippen molar-refractivity contribution in [2.75, 3.05) is 6.61 Å². The first-order chi connectivity index (χ1) is 17.0. The molecule has 0 saturated carbocycles. The smallest absolute Gasteiger partial charge is 0.407 e. The number of carboxylic acids is 1. The molecule has 7 nitrogen and oxygen atoms in total. The Morgan fingerprint density at radius 1 is 0.943 bits per heavy atom. The maximum atomic E-state index is 12.5. The fourth-order valence-electron chi connectivity index (χ4n) is 4.42. The van der Waals surface area contributed by atoms with E-state index in [2.05, 4.69) is 34.9 Å². The lowest BCUT2D eigenvalue weighted by molar-refractivity contribution is -0.121. The van der Waals surface area contributed by atoms with Gasteiger partial charge in [0.2, 0.25) is 5.91 Å². The van der Waals surface area contributed by atoms with Gasteiger partial charge in [0.1, 0.15) is 6.61 Å². The summed E-state index contributed by atoms with van der Waals surface area (Å²) in [5.74, 6) is -1.29. The predicted octanol–water partition coefficient (Wildman–Crippen LogP) is 4.71. The van der Waals surface area contributed by atoms with Gasteiger partial charge in [-0.1, -0.05) is 67.6 Å². The van der Waals surface area contributed by atoms with Crippen LogP contribution in [0.5, 0.6) is 0 Å². The second kappa shape index (κ2) is 10.9. The molecule has 180 valence electrons. The Labute approximate surface area is 204 Å². The minimum atomic E-state index is -1.02. The highest BCUT2D eigenvalue weighted by Gasteiger charge is 2.29. The van der Waals surface area contributed by atoms with Gasteiger partial charge >= 0.3 is 12.1 Å². The average Bonchev–Trinajstić information content (AvgIpc) is 3.19. The highest BCUT2D eigenvalue weighted by molar-refractivity contribution is 5.87. The number of hydrogen-bond acceptors (Lipinski definition) is 4. The van der Waals surface area contributed by atoms with E-state index in [-0.39, 0.29) is 43.0 Å². The van der Waals surface area contributed by atoms with Crippen LogP contribution in [0, 0.1) is 0 Å². The Bertz CT molecular complexity index is 1190. The lowest BCUT2D eigenvalue weighted by Gasteiger charge is -2.19. The third-order valence-corrected chi connectivity index (χ3v) is 6.25. The summed E-state index contributed by atoms with van der Waals surface area (Å²) in [5, 5.41) is 14.7. The van der Waals surface area contributed by atoms with Crippen LogP contribution in [-0.4, -0.2) is 35.7 Å². The van der Waals surface area contributed by atoms with Crippen molar-refractivity contribution < 1.29 is 24.2 Å². The fourth-order valence-corrected chi connectivity index (χ4v) is 4.42. The van der Waals surface area contributed by atoms with Gasteiger partial charge in [0, 0.05) is 24.9 Å². The van der Waals surface area contributed by atoms with E-state index in [1.54, 1.807) is 12.1 Å². The molecular weight excluding hydrogens is 444 g/mol. The van der Waals surface area contributed by atoms with E-state index in [9.17, 15) is 14.4 Å². The number of carbonyl (C=O) groups excluding carboxylic acids is 2. The molecular formula is C28H28N2O5. The molecule has 35 heavy (non-hydrogen) atoms. The van der Waals surface area contributed by atoms with Gasteiger partial charge in [0.15, 0.2) is 0 Å². The standard InChI is InChI=1S/C28H28N2O5/c1-2-20(15-26(31)29-16-18-8-7-9-19(14-18)27(32)33)30-28(34)35-17-25-23-12-5-3-10-21(23)22-11-4-6-13-24(22)25/h3-14,20,25H,2,15-17H2,1H3,(H,29,31)(H,30,34)(H,32,33)/t20-/m0/s1. The zero-order chi connectivity index (χ0) is 24.8. The minimum absolute atomic E-state index is 0.0295. The van der Waals surface area contributed by atoms with E-state index in [0.717, 1.165) is 22.3 Å². The molecule has 1 aliphatic rings. The van der Waals surface area contributed by atoms with Crippen LogP contribution in [0.3, 0.4) is 0 Å². The number of benzene rings is 3. The third kappa shape index (κ3) is 5.69. The number of alkyl carbamates (subject to hydrolysis) is 1. The summed E-state index contributed by atoms with van der Waals surface area (Å²) in [5.41, 5.74) is 5.46. The van der Waals surface area contributed by atoms with Crippen LogP contribution in [0.4, 0.5) is 4.79 Å². The Balaban J connectivity index is 1.29. The molecule has 0 fully saturated rings. The Hall–Kier alpha value is -4.13. The maximum Gasteiger partial charge on any atom is 0.407 e. The molecule has 2 amide bonds. The van der Waals surface area contributed by atoms with Gasteiger partial charge in [-0.2, -0.15) is 0 Å². The molecule has 7 heteroatoms. The first-order valence-electron chi connectivity index (χ1n) is 11.7. The van der Waals surface area contributed by atoms with Crippen LogP contribution in [-0.2, 0) is 16.1 Å². The predicted molar refractivity (Wildman–Crippen MR) is 132 cm³/mol. The fraction of sp³-hybridized carbons (Fsp3) is 0.250. The number of fused-ring (bicyclic) bond motifs is 3. The molecule has 0 aromatic heterocycles. The van der Waals surface area contributed by atoms with Crippen molar-refractivity contribution in [1.29, 1.82) is 0 Å². The summed E-state index contributed by atoms with van der Waals surface area (Å²) in [6.07, 6.45) is 0.103. The van der Waals surface area contributed by atoms with E-state index in [4.69, 9.17) is 9.84 Å². The Morgan fingerprint density at radius 3 is 2.23 bits per heavy atom. The molecule has 0 radical (unpaired) electrons. The molecule has 0 bridgehead atoms.